The SMILES string of the molecule is COc1cc(C(=O)NC2CCC(=O)NC2)nn1C. The Bertz CT molecular complexity index is 459. The van der Waals surface area contributed by atoms with E-state index in [1.165, 1.54) is 11.8 Å². The third-order valence-electron chi connectivity index (χ3n) is 2.88. The largest absolute Gasteiger partial charge is 0.481 e. The van der Waals surface area contributed by atoms with E-state index in [0.29, 0.717) is 31.0 Å². The Morgan fingerprint density at radius 2 is 2.44 bits per heavy atom. The van der Waals surface area contributed by atoms with Crippen LogP contribution in [0.3, 0.4) is 0 Å². The zero-order chi connectivity index (χ0) is 13.1. The van der Waals surface area contributed by atoms with E-state index in [9.17, 15) is 9.59 Å². The van der Waals surface area contributed by atoms with E-state index in [1.807, 2.05) is 0 Å². The first-order valence-electron chi connectivity index (χ1n) is 5.75. The number of methoxy groups -OCH3 is 1. The summed E-state index contributed by atoms with van der Waals surface area (Å²) in [4.78, 5) is 22.9. The maximum Gasteiger partial charge on any atom is 0.272 e. The van der Waals surface area contributed by atoms with Crippen molar-refractivity contribution in [1.29, 1.82) is 0 Å². The summed E-state index contributed by atoms with van der Waals surface area (Å²) in [6.45, 7) is 0.467. The van der Waals surface area contributed by atoms with Gasteiger partial charge in [-0.2, -0.15) is 5.10 Å². The van der Waals surface area contributed by atoms with E-state index < -0.39 is 0 Å². The van der Waals surface area contributed by atoms with Crippen LogP contribution in [0.15, 0.2) is 6.07 Å². The number of rotatable bonds is 3. The number of hydrogen-bond acceptors (Lipinski definition) is 4. The minimum atomic E-state index is -0.255. The molecule has 1 aromatic heterocycles. The molecule has 0 saturated carbocycles. The molecule has 7 nitrogen and oxygen atoms in total. The van der Waals surface area contributed by atoms with E-state index in [4.69, 9.17) is 4.74 Å². The number of amides is 2. The number of carbonyl (C=O) groups is 2. The second kappa shape index (κ2) is 5.07. The molecule has 2 heterocycles. The van der Waals surface area contributed by atoms with Crippen LogP contribution < -0.4 is 15.4 Å². The summed E-state index contributed by atoms with van der Waals surface area (Å²) in [5, 5.41) is 9.60. The molecule has 1 unspecified atom stereocenters. The zero-order valence-corrected chi connectivity index (χ0v) is 10.4. The molecule has 0 aliphatic carbocycles. The van der Waals surface area contributed by atoms with E-state index in [1.54, 1.807) is 13.1 Å². The number of piperidine rings is 1. The van der Waals surface area contributed by atoms with Crippen LogP contribution in [0.2, 0.25) is 0 Å². The molecule has 1 fully saturated rings. The lowest BCUT2D eigenvalue weighted by atomic mass is 10.1. The molecule has 2 N–H and O–H groups in total. The highest BCUT2D eigenvalue weighted by Crippen LogP contribution is 2.11. The van der Waals surface area contributed by atoms with Gasteiger partial charge in [-0.25, -0.2) is 4.68 Å². The normalized spacial score (nSPS) is 19.2. The van der Waals surface area contributed by atoms with Crippen molar-refractivity contribution in [2.75, 3.05) is 13.7 Å². The molecule has 18 heavy (non-hydrogen) atoms. The van der Waals surface area contributed by atoms with Gasteiger partial charge in [-0.15, -0.1) is 0 Å². The molecule has 2 rings (SSSR count). The summed E-state index contributed by atoms with van der Waals surface area (Å²) in [7, 11) is 3.23. The number of carbonyl (C=O) groups excluding carboxylic acids is 2. The Hall–Kier alpha value is -2.05. The maximum absolute atomic E-state index is 11.9. The molecule has 98 valence electrons. The van der Waals surface area contributed by atoms with Gasteiger partial charge in [0.2, 0.25) is 11.8 Å². The van der Waals surface area contributed by atoms with E-state index >= 15 is 0 Å². The molecule has 2 amide bonds. The fourth-order valence-electron chi connectivity index (χ4n) is 1.87. The Labute approximate surface area is 104 Å². The van der Waals surface area contributed by atoms with Crippen LogP contribution in [-0.2, 0) is 11.8 Å². The molecular formula is C11H16N4O3. The van der Waals surface area contributed by atoms with Gasteiger partial charge in [-0.05, 0) is 6.42 Å². The lowest BCUT2D eigenvalue weighted by Gasteiger charge is -2.22. The van der Waals surface area contributed by atoms with Gasteiger partial charge in [0.1, 0.15) is 0 Å². The van der Waals surface area contributed by atoms with Crippen LogP contribution >= 0.6 is 0 Å². The van der Waals surface area contributed by atoms with E-state index in [2.05, 4.69) is 15.7 Å². The van der Waals surface area contributed by atoms with Crippen molar-refractivity contribution in [3.63, 3.8) is 0 Å². The summed E-state index contributed by atoms with van der Waals surface area (Å²) in [6, 6.07) is 1.54. The highest BCUT2D eigenvalue weighted by molar-refractivity contribution is 5.93. The van der Waals surface area contributed by atoms with Crippen LogP contribution in [0.25, 0.3) is 0 Å². The Balaban J connectivity index is 1.96. The first kappa shape index (κ1) is 12.4. The van der Waals surface area contributed by atoms with Crippen molar-refractivity contribution in [1.82, 2.24) is 20.4 Å². The van der Waals surface area contributed by atoms with Gasteiger partial charge in [0.25, 0.3) is 5.91 Å². The smallest absolute Gasteiger partial charge is 0.272 e. The van der Waals surface area contributed by atoms with Crippen molar-refractivity contribution in [2.24, 2.45) is 7.05 Å². The van der Waals surface area contributed by atoms with Crippen molar-refractivity contribution >= 4 is 11.8 Å². The van der Waals surface area contributed by atoms with Crippen LogP contribution in [0, 0.1) is 0 Å². The summed E-state index contributed by atoms with van der Waals surface area (Å²) in [5.74, 6) is 0.298. The zero-order valence-electron chi connectivity index (χ0n) is 10.4. The van der Waals surface area contributed by atoms with Crippen molar-refractivity contribution in [3.8, 4) is 5.88 Å². The highest BCUT2D eigenvalue weighted by atomic mass is 16.5. The van der Waals surface area contributed by atoms with Crippen LogP contribution in [0.4, 0.5) is 0 Å². The lowest BCUT2D eigenvalue weighted by molar-refractivity contribution is -0.122. The Morgan fingerprint density at radius 3 is 3.00 bits per heavy atom. The number of hydrogen-bond donors (Lipinski definition) is 2. The molecule has 1 aromatic rings. The standard InChI is InChI=1S/C11H16N4O3/c1-15-10(18-2)5-8(14-15)11(17)13-7-3-4-9(16)12-6-7/h5,7H,3-4,6H2,1-2H3,(H,12,16)(H,13,17). The molecule has 1 aliphatic rings. The van der Waals surface area contributed by atoms with Gasteiger partial charge in [0.05, 0.1) is 7.11 Å². The highest BCUT2D eigenvalue weighted by Gasteiger charge is 2.21. The second-order valence-corrected chi connectivity index (χ2v) is 4.21. The number of aryl methyl sites for hydroxylation is 1. The molecule has 1 aliphatic heterocycles. The van der Waals surface area contributed by atoms with Crippen LogP contribution in [0.5, 0.6) is 5.88 Å². The first-order chi connectivity index (χ1) is 8.60. The third kappa shape index (κ3) is 2.61. The maximum atomic E-state index is 11.9. The number of ether oxygens (including phenoxy) is 1. The number of aromatic nitrogens is 2. The molecule has 0 radical (unpaired) electrons. The fourth-order valence-corrected chi connectivity index (χ4v) is 1.87. The predicted octanol–water partition coefficient (Wildman–Crippen LogP) is -0.563. The van der Waals surface area contributed by atoms with Crippen molar-refractivity contribution < 1.29 is 14.3 Å². The van der Waals surface area contributed by atoms with Crippen molar-refractivity contribution in [3.05, 3.63) is 11.8 Å². The topological polar surface area (TPSA) is 85.2 Å². The fraction of sp³-hybridized carbons (Fsp3) is 0.545. The van der Waals surface area contributed by atoms with Gasteiger partial charge < -0.3 is 15.4 Å². The molecular weight excluding hydrogens is 236 g/mol. The molecule has 7 heteroatoms. The third-order valence-corrected chi connectivity index (χ3v) is 2.88. The quantitative estimate of drug-likeness (QED) is 0.755. The Morgan fingerprint density at radius 1 is 1.67 bits per heavy atom. The predicted molar refractivity (Wildman–Crippen MR) is 63.3 cm³/mol. The number of nitrogens with zero attached hydrogens (tertiary/aromatic N) is 2. The first-order valence-corrected chi connectivity index (χ1v) is 5.75. The van der Waals surface area contributed by atoms with Gasteiger partial charge in [0, 0.05) is 32.1 Å². The lowest BCUT2D eigenvalue weighted by Crippen LogP contribution is -2.47. The minimum Gasteiger partial charge on any atom is -0.481 e. The summed E-state index contributed by atoms with van der Waals surface area (Å²) < 4.78 is 6.54. The van der Waals surface area contributed by atoms with Gasteiger partial charge in [0.15, 0.2) is 5.69 Å². The average Bonchev–Trinajstić information content (AvgIpc) is 2.73. The summed E-state index contributed by atoms with van der Waals surface area (Å²) >= 11 is 0. The molecule has 0 aromatic carbocycles. The minimum absolute atomic E-state index is 0.0278. The molecule has 0 spiro atoms. The van der Waals surface area contributed by atoms with Crippen molar-refractivity contribution in [2.45, 2.75) is 18.9 Å². The Kier molecular flexibility index (Phi) is 3.50. The molecule has 0 bridgehead atoms. The average molecular weight is 252 g/mol. The van der Waals surface area contributed by atoms with Gasteiger partial charge >= 0.3 is 0 Å². The summed E-state index contributed by atoms with van der Waals surface area (Å²) in [6.07, 6.45) is 1.10. The van der Waals surface area contributed by atoms with E-state index in [0.717, 1.165) is 0 Å². The monoisotopic (exact) mass is 252 g/mol. The summed E-state index contributed by atoms with van der Waals surface area (Å²) in [5.41, 5.74) is 0.311. The molecule has 1 atom stereocenters. The number of nitrogens with one attached hydrogen (secondary N) is 2. The second-order valence-electron chi connectivity index (χ2n) is 4.21. The van der Waals surface area contributed by atoms with Gasteiger partial charge in [-0.3, -0.25) is 9.59 Å². The van der Waals surface area contributed by atoms with Crippen LogP contribution in [-0.4, -0.2) is 41.3 Å². The van der Waals surface area contributed by atoms with Gasteiger partial charge in [-0.1, -0.05) is 0 Å². The van der Waals surface area contributed by atoms with E-state index in [-0.39, 0.29) is 17.9 Å². The molecule has 1 saturated heterocycles. The van der Waals surface area contributed by atoms with Crippen LogP contribution in [0.1, 0.15) is 23.3 Å².